The van der Waals surface area contributed by atoms with Crippen molar-refractivity contribution in [3.8, 4) is 5.75 Å². The molecule has 1 saturated carbocycles. The van der Waals surface area contributed by atoms with Crippen molar-refractivity contribution in [2.75, 3.05) is 6.61 Å². The second kappa shape index (κ2) is 4.94. The lowest BCUT2D eigenvalue weighted by Gasteiger charge is -2.16. The molecule has 1 fully saturated rings. The van der Waals surface area contributed by atoms with E-state index in [0.29, 0.717) is 11.6 Å². The number of thiocarbonyl (C=S) groups is 1. The Kier molecular flexibility index (Phi) is 3.73. The van der Waals surface area contributed by atoms with E-state index in [-0.39, 0.29) is 5.41 Å². The third-order valence-electron chi connectivity index (χ3n) is 3.13. The van der Waals surface area contributed by atoms with Crippen LogP contribution in [0.3, 0.4) is 0 Å². The third kappa shape index (κ3) is 3.42. The maximum atomic E-state index is 5.86. The van der Waals surface area contributed by atoms with E-state index >= 15 is 0 Å². The molecule has 0 amide bonds. The molecular weight excluding hydrogens is 298 g/mol. The molecule has 0 atom stereocenters. The molecule has 0 unspecified atom stereocenters. The fraction of sp³-hybridized carbons (Fsp3) is 0.462. The summed E-state index contributed by atoms with van der Waals surface area (Å²) in [6.45, 7) is 2.76. The predicted octanol–water partition coefficient (Wildman–Crippen LogP) is 3.59. The van der Waals surface area contributed by atoms with Crippen molar-refractivity contribution >= 4 is 33.1 Å². The Bertz CT molecular complexity index is 443. The van der Waals surface area contributed by atoms with Gasteiger partial charge in [0, 0.05) is 11.8 Å². The predicted molar refractivity (Wildman–Crippen MR) is 77.4 cm³/mol. The molecule has 0 aliphatic heterocycles. The van der Waals surface area contributed by atoms with Crippen LogP contribution in [0.4, 0.5) is 0 Å². The zero-order chi connectivity index (χ0) is 12.5. The fourth-order valence-corrected chi connectivity index (χ4v) is 2.79. The highest BCUT2D eigenvalue weighted by molar-refractivity contribution is 9.10. The highest BCUT2D eigenvalue weighted by Crippen LogP contribution is 2.49. The summed E-state index contributed by atoms with van der Waals surface area (Å²) in [7, 11) is 0. The van der Waals surface area contributed by atoms with Crippen molar-refractivity contribution < 1.29 is 4.74 Å². The van der Waals surface area contributed by atoms with Crippen LogP contribution in [0.25, 0.3) is 0 Å². The average Bonchev–Trinajstić information content (AvgIpc) is 2.96. The van der Waals surface area contributed by atoms with Gasteiger partial charge in [-0.15, -0.1) is 0 Å². The zero-order valence-corrected chi connectivity index (χ0v) is 12.2. The van der Waals surface area contributed by atoms with Gasteiger partial charge in [0.15, 0.2) is 0 Å². The van der Waals surface area contributed by atoms with E-state index in [1.54, 1.807) is 0 Å². The number of rotatable bonds is 5. The smallest absolute Gasteiger partial charge is 0.133 e. The Morgan fingerprint density at radius 2 is 2.24 bits per heavy atom. The molecule has 92 valence electrons. The maximum absolute atomic E-state index is 5.86. The Morgan fingerprint density at radius 3 is 2.76 bits per heavy atom. The van der Waals surface area contributed by atoms with E-state index in [4.69, 9.17) is 22.7 Å². The Balaban J connectivity index is 1.96. The van der Waals surface area contributed by atoms with Gasteiger partial charge in [-0.2, -0.15) is 0 Å². The van der Waals surface area contributed by atoms with Crippen molar-refractivity contribution in [3.05, 3.63) is 28.2 Å². The Labute approximate surface area is 116 Å². The van der Waals surface area contributed by atoms with Crippen LogP contribution in [0.15, 0.2) is 22.7 Å². The topological polar surface area (TPSA) is 35.2 Å². The van der Waals surface area contributed by atoms with Crippen molar-refractivity contribution in [1.82, 2.24) is 0 Å². The fourth-order valence-electron chi connectivity index (χ4n) is 1.87. The third-order valence-corrected chi connectivity index (χ3v) is 3.89. The Morgan fingerprint density at radius 1 is 1.53 bits per heavy atom. The number of hydrogen-bond donors (Lipinski definition) is 1. The molecule has 0 spiro atoms. The molecule has 0 heterocycles. The molecule has 0 saturated heterocycles. The second-order valence-corrected chi connectivity index (χ2v) is 6.24. The first-order chi connectivity index (χ1) is 8.01. The molecule has 1 aromatic rings. The van der Waals surface area contributed by atoms with Gasteiger partial charge in [-0.3, -0.25) is 0 Å². The van der Waals surface area contributed by atoms with Crippen LogP contribution in [-0.2, 0) is 0 Å². The van der Waals surface area contributed by atoms with Gasteiger partial charge in [-0.25, -0.2) is 0 Å². The molecule has 0 aromatic heterocycles. The second-order valence-electron chi connectivity index (χ2n) is 4.87. The number of halogens is 1. The quantitative estimate of drug-likeness (QED) is 0.844. The lowest BCUT2D eigenvalue weighted by atomic mass is 10.0. The first-order valence-electron chi connectivity index (χ1n) is 5.68. The first kappa shape index (κ1) is 12.8. The van der Waals surface area contributed by atoms with Crippen molar-refractivity contribution in [1.29, 1.82) is 0 Å². The van der Waals surface area contributed by atoms with E-state index in [1.165, 1.54) is 5.56 Å². The highest BCUT2D eigenvalue weighted by Gasteiger charge is 2.43. The molecular formula is C13H16BrNOS. The number of benzene rings is 1. The summed E-state index contributed by atoms with van der Waals surface area (Å²) in [6, 6.07) is 6.10. The molecule has 2 N–H and O–H groups in total. The van der Waals surface area contributed by atoms with E-state index in [9.17, 15) is 0 Å². The number of ether oxygens (including phenoxy) is 1. The van der Waals surface area contributed by atoms with E-state index in [1.807, 2.05) is 12.1 Å². The molecule has 0 bridgehead atoms. The average molecular weight is 314 g/mol. The van der Waals surface area contributed by atoms with Crippen LogP contribution < -0.4 is 10.5 Å². The number of hydrogen-bond acceptors (Lipinski definition) is 2. The summed E-state index contributed by atoms with van der Waals surface area (Å²) in [5.74, 6) is 0.893. The highest BCUT2D eigenvalue weighted by atomic mass is 79.9. The molecule has 1 aliphatic rings. The minimum Gasteiger partial charge on any atom is -0.492 e. The van der Waals surface area contributed by atoms with Gasteiger partial charge in [0.05, 0.1) is 16.1 Å². The van der Waals surface area contributed by atoms with Crippen molar-refractivity contribution in [2.45, 2.75) is 26.2 Å². The summed E-state index contributed by atoms with van der Waals surface area (Å²) in [5, 5.41) is 0. The summed E-state index contributed by atoms with van der Waals surface area (Å²) < 4.78 is 6.86. The van der Waals surface area contributed by atoms with Crippen LogP contribution >= 0.6 is 28.1 Å². The summed E-state index contributed by atoms with van der Waals surface area (Å²) >= 11 is 8.48. The maximum Gasteiger partial charge on any atom is 0.133 e. The standard InChI is InChI=1S/C13H16BrNOS/c1-9-2-3-11(10(14)6-9)16-8-13(4-5-13)7-12(15)17/h2-3,6H,4-5,7-8H2,1H3,(H2,15,17). The minimum absolute atomic E-state index is 0.205. The lowest BCUT2D eigenvalue weighted by molar-refractivity contribution is 0.238. The summed E-state index contributed by atoms with van der Waals surface area (Å²) in [6.07, 6.45) is 3.12. The van der Waals surface area contributed by atoms with Crippen molar-refractivity contribution in [2.24, 2.45) is 11.1 Å². The van der Waals surface area contributed by atoms with Crippen LogP contribution in [0.2, 0.25) is 0 Å². The van der Waals surface area contributed by atoms with E-state index < -0.39 is 0 Å². The normalized spacial score (nSPS) is 16.6. The minimum atomic E-state index is 0.205. The van der Waals surface area contributed by atoms with Gasteiger partial charge in [0.2, 0.25) is 0 Å². The lowest BCUT2D eigenvalue weighted by Crippen LogP contribution is -2.21. The monoisotopic (exact) mass is 313 g/mol. The number of nitrogens with two attached hydrogens (primary N) is 1. The van der Waals surface area contributed by atoms with Crippen LogP contribution in [-0.4, -0.2) is 11.6 Å². The molecule has 2 rings (SSSR count). The van der Waals surface area contributed by atoms with Gasteiger partial charge in [-0.1, -0.05) is 18.3 Å². The van der Waals surface area contributed by atoms with Crippen LogP contribution in [0.5, 0.6) is 5.75 Å². The largest absolute Gasteiger partial charge is 0.492 e. The SMILES string of the molecule is Cc1ccc(OCC2(CC(N)=S)CC2)c(Br)c1. The van der Waals surface area contributed by atoms with Gasteiger partial charge >= 0.3 is 0 Å². The first-order valence-corrected chi connectivity index (χ1v) is 6.88. The van der Waals surface area contributed by atoms with Gasteiger partial charge in [0.25, 0.3) is 0 Å². The summed E-state index contributed by atoms with van der Waals surface area (Å²) in [5.41, 5.74) is 7.02. The van der Waals surface area contributed by atoms with E-state index in [0.717, 1.165) is 29.5 Å². The molecule has 0 radical (unpaired) electrons. The molecule has 17 heavy (non-hydrogen) atoms. The Hall–Kier alpha value is -0.610. The van der Waals surface area contributed by atoms with Gasteiger partial charge < -0.3 is 10.5 Å². The zero-order valence-electron chi connectivity index (χ0n) is 9.83. The van der Waals surface area contributed by atoms with Gasteiger partial charge in [0.1, 0.15) is 5.75 Å². The molecule has 1 aromatic carbocycles. The van der Waals surface area contributed by atoms with E-state index in [2.05, 4.69) is 28.9 Å². The van der Waals surface area contributed by atoms with Crippen LogP contribution in [0.1, 0.15) is 24.8 Å². The summed E-state index contributed by atoms with van der Waals surface area (Å²) in [4.78, 5) is 0.592. The van der Waals surface area contributed by atoms with Crippen LogP contribution in [0, 0.1) is 12.3 Å². The molecule has 4 heteroatoms. The van der Waals surface area contributed by atoms with Crippen molar-refractivity contribution in [3.63, 3.8) is 0 Å². The molecule has 1 aliphatic carbocycles. The van der Waals surface area contributed by atoms with Gasteiger partial charge in [-0.05, 0) is 53.4 Å². The number of aryl methyl sites for hydroxylation is 1. The molecule has 2 nitrogen and oxygen atoms in total.